The van der Waals surface area contributed by atoms with E-state index in [2.05, 4.69) is 20.4 Å². The van der Waals surface area contributed by atoms with E-state index in [1.54, 1.807) is 0 Å². The van der Waals surface area contributed by atoms with Gasteiger partial charge in [0.05, 0.1) is 12.6 Å². The van der Waals surface area contributed by atoms with Crippen molar-refractivity contribution < 1.29 is 9.90 Å². The molecule has 24 heavy (non-hydrogen) atoms. The fraction of sp³-hybridized carbons (Fsp3) is 0.471. The predicted molar refractivity (Wildman–Crippen MR) is 94.0 cm³/mol. The zero-order valence-electron chi connectivity index (χ0n) is 13.7. The molecule has 2 unspecified atom stereocenters. The Hall–Kier alpha value is -1.83. The molecular weight excluding hydrogens is 324 g/mol. The molecule has 3 rings (SSSR count). The maximum absolute atomic E-state index is 12.2. The molecule has 128 valence electrons. The molecule has 1 fully saturated rings. The Morgan fingerprint density at radius 2 is 2.21 bits per heavy atom. The number of hydrogen-bond donors (Lipinski definition) is 2. The van der Waals surface area contributed by atoms with Crippen molar-refractivity contribution in [2.75, 3.05) is 18.4 Å². The lowest BCUT2D eigenvalue weighted by atomic mass is 9.93. The van der Waals surface area contributed by atoms with Gasteiger partial charge in [0.1, 0.15) is 5.01 Å². The first-order valence-electron chi connectivity index (χ1n) is 8.21. The van der Waals surface area contributed by atoms with Gasteiger partial charge in [0.15, 0.2) is 0 Å². The maximum atomic E-state index is 12.2. The van der Waals surface area contributed by atoms with Crippen molar-refractivity contribution in [3.05, 3.63) is 40.3 Å². The number of anilines is 1. The van der Waals surface area contributed by atoms with Crippen LogP contribution >= 0.6 is 11.3 Å². The van der Waals surface area contributed by atoms with Gasteiger partial charge in [0.2, 0.25) is 5.01 Å². The molecule has 0 spiro atoms. The number of aliphatic hydroxyl groups is 1. The molecule has 0 saturated carbocycles. The molecule has 2 heterocycles. The van der Waals surface area contributed by atoms with Gasteiger partial charge in [-0.25, -0.2) is 0 Å². The number of nitrogens with zero attached hydrogens (tertiary/aromatic N) is 3. The van der Waals surface area contributed by atoms with E-state index in [0.717, 1.165) is 36.6 Å². The summed E-state index contributed by atoms with van der Waals surface area (Å²) >= 11 is 1.33. The van der Waals surface area contributed by atoms with Crippen LogP contribution in [-0.2, 0) is 6.54 Å². The number of aromatic nitrogens is 2. The molecule has 1 aromatic heterocycles. The molecule has 0 radical (unpaired) electrons. The fourth-order valence-electron chi connectivity index (χ4n) is 2.94. The van der Waals surface area contributed by atoms with Gasteiger partial charge >= 0.3 is 0 Å². The number of rotatable bonds is 5. The van der Waals surface area contributed by atoms with Crippen LogP contribution in [0, 0.1) is 5.92 Å². The standard InChI is InChI=1S/C17H22N4O2S/c1-12(22)13-6-5-9-21(10-13)11-15-19-20-17(24-15)16(23)18-14-7-3-2-4-8-14/h2-4,7-8,12-13,22H,5-6,9-11H2,1H3,(H,18,23). The van der Waals surface area contributed by atoms with Crippen molar-refractivity contribution in [1.29, 1.82) is 0 Å². The first-order valence-corrected chi connectivity index (χ1v) is 9.02. The largest absolute Gasteiger partial charge is 0.393 e. The Balaban J connectivity index is 1.58. The Kier molecular flexibility index (Phi) is 5.55. The molecule has 0 bridgehead atoms. The number of nitrogens with one attached hydrogen (secondary N) is 1. The number of aliphatic hydroxyl groups excluding tert-OH is 1. The summed E-state index contributed by atoms with van der Waals surface area (Å²) in [4.78, 5) is 14.5. The monoisotopic (exact) mass is 346 g/mol. The summed E-state index contributed by atoms with van der Waals surface area (Å²) in [6.45, 7) is 4.39. The van der Waals surface area contributed by atoms with Gasteiger partial charge in [-0.15, -0.1) is 10.2 Å². The zero-order valence-corrected chi connectivity index (χ0v) is 14.5. The summed E-state index contributed by atoms with van der Waals surface area (Å²) in [6.07, 6.45) is 1.86. The number of benzene rings is 1. The van der Waals surface area contributed by atoms with E-state index in [1.807, 2.05) is 37.3 Å². The highest BCUT2D eigenvalue weighted by molar-refractivity contribution is 7.13. The second-order valence-corrected chi connectivity index (χ2v) is 7.26. The number of carbonyl (C=O) groups excluding carboxylic acids is 1. The molecule has 1 aromatic carbocycles. The Morgan fingerprint density at radius 3 is 2.96 bits per heavy atom. The van der Waals surface area contributed by atoms with Crippen molar-refractivity contribution in [3.63, 3.8) is 0 Å². The van der Waals surface area contributed by atoms with Crippen LogP contribution in [0.15, 0.2) is 30.3 Å². The number of hydrogen-bond acceptors (Lipinski definition) is 6. The fourth-order valence-corrected chi connectivity index (χ4v) is 3.71. The second kappa shape index (κ2) is 7.83. The molecule has 1 aliphatic rings. The zero-order chi connectivity index (χ0) is 16.9. The molecule has 6 nitrogen and oxygen atoms in total. The van der Waals surface area contributed by atoms with Crippen molar-refractivity contribution in [1.82, 2.24) is 15.1 Å². The van der Waals surface area contributed by atoms with E-state index in [-0.39, 0.29) is 12.0 Å². The van der Waals surface area contributed by atoms with E-state index in [4.69, 9.17) is 0 Å². The minimum atomic E-state index is -0.283. The van der Waals surface area contributed by atoms with E-state index < -0.39 is 0 Å². The first-order chi connectivity index (χ1) is 11.6. The lowest BCUT2D eigenvalue weighted by molar-refractivity contribution is 0.0598. The summed E-state index contributed by atoms with van der Waals surface area (Å²) in [5.74, 6) is 0.0815. The molecule has 2 aromatic rings. The lowest BCUT2D eigenvalue weighted by Crippen LogP contribution is -2.38. The number of carbonyl (C=O) groups is 1. The Labute approximate surface area is 145 Å². The highest BCUT2D eigenvalue weighted by Crippen LogP contribution is 2.22. The molecule has 1 aliphatic heterocycles. The molecule has 1 amide bonds. The van der Waals surface area contributed by atoms with E-state index in [9.17, 15) is 9.90 Å². The van der Waals surface area contributed by atoms with Gasteiger partial charge < -0.3 is 10.4 Å². The highest BCUT2D eigenvalue weighted by Gasteiger charge is 2.24. The molecular formula is C17H22N4O2S. The number of para-hydroxylation sites is 1. The van der Waals surface area contributed by atoms with Gasteiger partial charge in [0, 0.05) is 12.2 Å². The van der Waals surface area contributed by atoms with Crippen molar-refractivity contribution in [3.8, 4) is 0 Å². The van der Waals surface area contributed by atoms with Gasteiger partial charge in [-0.1, -0.05) is 29.5 Å². The first kappa shape index (κ1) is 17.0. The van der Waals surface area contributed by atoms with Crippen LogP contribution in [0.3, 0.4) is 0 Å². The van der Waals surface area contributed by atoms with Gasteiger partial charge in [0.25, 0.3) is 5.91 Å². The van der Waals surface area contributed by atoms with Crippen molar-refractivity contribution in [2.45, 2.75) is 32.4 Å². The lowest BCUT2D eigenvalue weighted by Gasteiger charge is -2.33. The smallest absolute Gasteiger partial charge is 0.286 e. The molecule has 1 saturated heterocycles. The van der Waals surface area contributed by atoms with E-state index >= 15 is 0 Å². The quantitative estimate of drug-likeness (QED) is 0.869. The number of piperidine rings is 1. The molecule has 0 aliphatic carbocycles. The van der Waals surface area contributed by atoms with Crippen molar-refractivity contribution in [2.24, 2.45) is 5.92 Å². The van der Waals surface area contributed by atoms with Crippen LogP contribution in [0.25, 0.3) is 0 Å². The topological polar surface area (TPSA) is 78.3 Å². The van der Waals surface area contributed by atoms with Crippen LogP contribution < -0.4 is 5.32 Å². The van der Waals surface area contributed by atoms with Crippen LogP contribution in [0.5, 0.6) is 0 Å². The summed E-state index contributed by atoms with van der Waals surface area (Å²) < 4.78 is 0. The molecule has 2 atom stereocenters. The van der Waals surface area contributed by atoms with Gasteiger partial charge in [-0.05, 0) is 44.4 Å². The van der Waals surface area contributed by atoms with Crippen LogP contribution in [0.2, 0.25) is 0 Å². The van der Waals surface area contributed by atoms with E-state index in [1.165, 1.54) is 11.3 Å². The SMILES string of the molecule is CC(O)C1CCCN(Cc2nnc(C(=O)Nc3ccccc3)s2)C1. The Bertz CT molecular complexity index is 674. The third-order valence-corrected chi connectivity index (χ3v) is 5.18. The molecule has 7 heteroatoms. The minimum absolute atomic E-state index is 0.231. The molecule has 2 N–H and O–H groups in total. The predicted octanol–water partition coefficient (Wildman–Crippen LogP) is 2.38. The second-order valence-electron chi connectivity index (χ2n) is 6.20. The van der Waals surface area contributed by atoms with Crippen molar-refractivity contribution >= 4 is 22.9 Å². The van der Waals surface area contributed by atoms with Crippen LogP contribution in [0.1, 0.15) is 34.6 Å². The van der Waals surface area contributed by atoms with Crippen LogP contribution in [0.4, 0.5) is 5.69 Å². The van der Waals surface area contributed by atoms with E-state index in [0.29, 0.717) is 17.5 Å². The highest BCUT2D eigenvalue weighted by atomic mass is 32.1. The Morgan fingerprint density at radius 1 is 1.42 bits per heavy atom. The van der Waals surface area contributed by atoms with Gasteiger partial charge in [-0.2, -0.15) is 0 Å². The number of amides is 1. The summed E-state index contributed by atoms with van der Waals surface area (Å²) in [6, 6.07) is 9.32. The maximum Gasteiger partial charge on any atom is 0.286 e. The minimum Gasteiger partial charge on any atom is -0.393 e. The van der Waals surface area contributed by atoms with Crippen LogP contribution in [-0.4, -0.2) is 45.3 Å². The number of likely N-dealkylation sites (tertiary alicyclic amines) is 1. The van der Waals surface area contributed by atoms with Gasteiger partial charge in [-0.3, -0.25) is 9.69 Å². The third kappa shape index (κ3) is 4.37. The summed E-state index contributed by atoms with van der Waals surface area (Å²) in [7, 11) is 0. The summed E-state index contributed by atoms with van der Waals surface area (Å²) in [5.41, 5.74) is 0.745. The normalized spacial score (nSPS) is 19.8. The average molecular weight is 346 g/mol. The summed E-state index contributed by atoms with van der Waals surface area (Å²) in [5, 5.41) is 22.0. The third-order valence-electron chi connectivity index (χ3n) is 4.28. The average Bonchev–Trinajstić information content (AvgIpc) is 3.04.